The van der Waals surface area contributed by atoms with E-state index in [0.29, 0.717) is 0 Å². The van der Waals surface area contributed by atoms with Crippen LogP contribution in [0.4, 0.5) is 22.0 Å². The SMILES string of the molecule is Fc1cccc(Br)c1OC(F)(F)C(F)(F)Br. The van der Waals surface area contributed by atoms with Crippen LogP contribution in [0.2, 0.25) is 0 Å². The average molecular weight is 370 g/mol. The van der Waals surface area contributed by atoms with E-state index < -0.39 is 22.5 Å². The predicted octanol–water partition coefficient (Wildman–Crippen LogP) is 4.55. The summed E-state index contributed by atoms with van der Waals surface area (Å²) in [6, 6.07) is 3.19. The summed E-state index contributed by atoms with van der Waals surface area (Å²) < 4.78 is 66.8. The molecular weight excluding hydrogens is 367 g/mol. The van der Waals surface area contributed by atoms with Gasteiger partial charge in [-0.2, -0.15) is 17.6 Å². The Bertz CT molecular complexity index is 370. The van der Waals surface area contributed by atoms with Gasteiger partial charge in [-0.3, -0.25) is 0 Å². The van der Waals surface area contributed by atoms with Gasteiger partial charge < -0.3 is 4.74 Å². The number of benzene rings is 1. The van der Waals surface area contributed by atoms with Crippen molar-refractivity contribution in [3.8, 4) is 5.75 Å². The molecule has 0 unspecified atom stereocenters. The Hall–Kier alpha value is -0.370. The molecule has 90 valence electrons. The summed E-state index contributed by atoms with van der Waals surface area (Å²) in [6.45, 7) is 0. The molecule has 0 atom stereocenters. The fraction of sp³-hybridized carbons (Fsp3) is 0.250. The molecule has 1 aromatic rings. The highest BCUT2D eigenvalue weighted by molar-refractivity contribution is 9.10. The van der Waals surface area contributed by atoms with Crippen molar-refractivity contribution in [2.45, 2.75) is 10.9 Å². The molecule has 1 nitrogen and oxygen atoms in total. The molecular formula is C8H3Br2F5O. The van der Waals surface area contributed by atoms with Gasteiger partial charge in [0, 0.05) is 15.9 Å². The Morgan fingerprint density at radius 2 is 1.69 bits per heavy atom. The largest absolute Gasteiger partial charge is 0.475 e. The molecule has 0 N–H and O–H groups in total. The summed E-state index contributed by atoms with van der Waals surface area (Å²) >= 11 is 4.17. The van der Waals surface area contributed by atoms with Crippen molar-refractivity contribution in [3.63, 3.8) is 0 Å². The fourth-order valence-corrected chi connectivity index (χ4v) is 1.27. The van der Waals surface area contributed by atoms with Crippen LogP contribution in [-0.4, -0.2) is 10.9 Å². The third-order valence-corrected chi connectivity index (χ3v) is 2.57. The van der Waals surface area contributed by atoms with E-state index >= 15 is 0 Å². The van der Waals surface area contributed by atoms with Gasteiger partial charge in [-0.25, -0.2) is 4.39 Å². The van der Waals surface area contributed by atoms with Crippen molar-refractivity contribution in [2.24, 2.45) is 0 Å². The second kappa shape index (κ2) is 4.48. The molecule has 16 heavy (non-hydrogen) atoms. The first kappa shape index (κ1) is 13.7. The Labute approximate surface area is 104 Å². The molecule has 0 saturated carbocycles. The second-order valence-electron chi connectivity index (χ2n) is 2.67. The lowest BCUT2D eigenvalue weighted by Gasteiger charge is -2.22. The first-order valence-corrected chi connectivity index (χ1v) is 5.31. The van der Waals surface area contributed by atoms with Gasteiger partial charge in [-0.05, 0) is 28.1 Å². The number of ether oxygens (including phenoxy) is 1. The van der Waals surface area contributed by atoms with Crippen LogP contribution in [-0.2, 0) is 0 Å². The zero-order valence-electron chi connectivity index (χ0n) is 7.29. The second-order valence-corrected chi connectivity index (χ2v) is 4.52. The highest BCUT2D eigenvalue weighted by atomic mass is 79.9. The van der Waals surface area contributed by atoms with Crippen LogP contribution < -0.4 is 4.74 Å². The van der Waals surface area contributed by atoms with Crippen LogP contribution >= 0.6 is 31.9 Å². The van der Waals surface area contributed by atoms with E-state index in [-0.39, 0.29) is 4.47 Å². The van der Waals surface area contributed by atoms with E-state index in [1.165, 1.54) is 28.1 Å². The zero-order valence-corrected chi connectivity index (χ0v) is 10.5. The molecule has 1 rings (SSSR count). The molecule has 0 heterocycles. The number of hydrogen-bond acceptors (Lipinski definition) is 1. The molecule has 0 saturated heterocycles. The van der Waals surface area contributed by atoms with E-state index in [2.05, 4.69) is 20.7 Å². The van der Waals surface area contributed by atoms with Gasteiger partial charge >= 0.3 is 10.9 Å². The van der Waals surface area contributed by atoms with Crippen LogP contribution in [0.3, 0.4) is 0 Å². The topological polar surface area (TPSA) is 9.23 Å². The zero-order chi connectivity index (χ0) is 12.6. The van der Waals surface area contributed by atoms with Crippen molar-refractivity contribution in [1.82, 2.24) is 0 Å². The molecule has 0 amide bonds. The molecule has 0 aliphatic carbocycles. The number of halogens is 7. The highest BCUT2D eigenvalue weighted by Crippen LogP contribution is 2.42. The third kappa shape index (κ3) is 2.85. The molecule has 0 aromatic heterocycles. The summed E-state index contributed by atoms with van der Waals surface area (Å²) in [5.74, 6) is -2.16. The fourth-order valence-electron chi connectivity index (χ4n) is 0.766. The molecule has 0 aliphatic heterocycles. The van der Waals surface area contributed by atoms with E-state index in [9.17, 15) is 22.0 Å². The van der Waals surface area contributed by atoms with Crippen LogP contribution in [0.25, 0.3) is 0 Å². The number of hydrogen-bond donors (Lipinski definition) is 0. The lowest BCUT2D eigenvalue weighted by molar-refractivity contribution is -0.267. The van der Waals surface area contributed by atoms with Gasteiger partial charge in [0.2, 0.25) is 0 Å². The van der Waals surface area contributed by atoms with Gasteiger partial charge in [-0.1, -0.05) is 6.07 Å². The maximum atomic E-state index is 13.0. The normalized spacial score (nSPS) is 12.7. The lowest BCUT2D eigenvalue weighted by atomic mass is 10.3. The van der Waals surface area contributed by atoms with Crippen molar-refractivity contribution >= 4 is 31.9 Å². The lowest BCUT2D eigenvalue weighted by Crippen LogP contribution is -2.40. The summed E-state index contributed by atoms with van der Waals surface area (Å²) in [5, 5.41) is 0. The molecule has 0 fully saturated rings. The highest BCUT2D eigenvalue weighted by Gasteiger charge is 2.58. The van der Waals surface area contributed by atoms with Crippen LogP contribution in [0.1, 0.15) is 0 Å². The Kier molecular flexibility index (Phi) is 3.83. The summed E-state index contributed by atoms with van der Waals surface area (Å²) in [5.41, 5.74) is 0. The quantitative estimate of drug-likeness (QED) is 0.561. The average Bonchev–Trinajstić information content (AvgIpc) is 2.10. The Morgan fingerprint density at radius 1 is 1.12 bits per heavy atom. The van der Waals surface area contributed by atoms with E-state index in [1.54, 1.807) is 0 Å². The number of alkyl halides is 5. The van der Waals surface area contributed by atoms with Gasteiger partial charge in [0.15, 0.2) is 11.6 Å². The van der Waals surface area contributed by atoms with E-state index in [0.717, 1.165) is 6.07 Å². The monoisotopic (exact) mass is 368 g/mol. The first-order valence-electron chi connectivity index (χ1n) is 3.73. The van der Waals surface area contributed by atoms with Crippen LogP contribution in [0, 0.1) is 5.82 Å². The van der Waals surface area contributed by atoms with Crippen molar-refractivity contribution < 1.29 is 26.7 Å². The maximum Gasteiger partial charge on any atom is 0.475 e. The Balaban J connectivity index is 3.06. The first-order chi connectivity index (χ1) is 7.15. The third-order valence-electron chi connectivity index (χ3n) is 1.48. The molecule has 0 bridgehead atoms. The smallest absolute Gasteiger partial charge is 0.423 e. The molecule has 0 spiro atoms. The van der Waals surface area contributed by atoms with Crippen molar-refractivity contribution in [1.29, 1.82) is 0 Å². The van der Waals surface area contributed by atoms with Gasteiger partial charge in [-0.15, -0.1) is 0 Å². The summed E-state index contributed by atoms with van der Waals surface area (Å²) in [4.78, 5) is -4.60. The maximum absolute atomic E-state index is 13.0. The van der Waals surface area contributed by atoms with Crippen LogP contribution in [0.15, 0.2) is 22.7 Å². The van der Waals surface area contributed by atoms with Crippen molar-refractivity contribution in [3.05, 3.63) is 28.5 Å². The summed E-state index contributed by atoms with van der Waals surface area (Å²) in [6.07, 6.45) is -4.86. The predicted molar refractivity (Wildman–Crippen MR) is 53.5 cm³/mol. The molecule has 0 radical (unpaired) electrons. The number of para-hydroxylation sites is 1. The minimum absolute atomic E-state index is 0.191. The van der Waals surface area contributed by atoms with Crippen LogP contribution in [0.5, 0.6) is 5.75 Å². The van der Waals surface area contributed by atoms with E-state index in [1.807, 2.05) is 0 Å². The molecule has 1 aromatic carbocycles. The molecule has 0 aliphatic rings. The summed E-state index contributed by atoms with van der Waals surface area (Å²) in [7, 11) is 0. The van der Waals surface area contributed by atoms with E-state index in [4.69, 9.17) is 0 Å². The number of rotatable bonds is 3. The van der Waals surface area contributed by atoms with Gasteiger partial charge in [0.05, 0.1) is 4.47 Å². The standard InChI is InChI=1S/C8H3Br2F5O/c9-4-2-1-3-5(11)6(4)16-8(14,15)7(10,12)13/h1-3H. The minimum atomic E-state index is -4.86. The minimum Gasteiger partial charge on any atom is -0.423 e. The van der Waals surface area contributed by atoms with Gasteiger partial charge in [0.25, 0.3) is 0 Å². The van der Waals surface area contributed by atoms with Gasteiger partial charge in [0.1, 0.15) is 0 Å². The molecule has 8 heteroatoms. The Morgan fingerprint density at radius 3 is 2.12 bits per heavy atom. The van der Waals surface area contributed by atoms with Crippen molar-refractivity contribution in [2.75, 3.05) is 0 Å².